The Labute approximate surface area is 173 Å². The zero-order chi connectivity index (χ0) is 20.7. The van der Waals surface area contributed by atoms with Crippen LogP contribution < -0.4 is 0 Å². The highest BCUT2D eigenvalue weighted by atomic mass is 16.6. The Balaban J connectivity index is 1.70. The van der Waals surface area contributed by atoms with Crippen LogP contribution >= 0.6 is 0 Å². The van der Waals surface area contributed by atoms with Crippen LogP contribution in [0.3, 0.4) is 0 Å². The number of aliphatic imine (C=N–C) groups is 1. The van der Waals surface area contributed by atoms with Crippen LogP contribution in [0.25, 0.3) is 11.0 Å². The molecule has 0 amide bonds. The van der Waals surface area contributed by atoms with Crippen molar-refractivity contribution in [3.63, 3.8) is 0 Å². The van der Waals surface area contributed by atoms with Crippen molar-refractivity contribution in [1.29, 1.82) is 0 Å². The van der Waals surface area contributed by atoms with Gasteiger partial charge in [0.2, 0.25) is 5.95 Å². The third-order valence-electron chi connectivity index (χ3n) is 5.98. The van der Waals surface area contributed by atoms with Gasteiger partial charge in [-0.25, -0.2) is 4.98 Å². The second-order valence-electron chi connectivity index (χ2n) is 7.74. The van der Waals surface area contributed by atoms with Crippen LogP contribution in [0, 0.1) is 16.0 Å². The second-order valence-corrected chi connectivity index (χ2v) is 7.74. The number of para-hydroxylation sites is 2. The SMILES string of the molecule is O=CC1C(N2CCCCC2)=Nc2nc3ccccc3n2C1c1ccc([N+](=O)[O-])cc1. The topological polar surface area (TPSA) is 93.6 Å². The van der Waals surface area contributed by atoms with Gasteiger partial charge >= 0.3 is 0 Å². The van der Waals surface area contributed by atoms with Gasteiger partial charge < -0.3 is 9.69 Å². The molecule has 5 rings (SSSR count). The zero-order valence-corrected chi connectivity index (χ0v) is 16.3. The molecular formula is C22H21N5O3. The Hall–Kier alpha value is -3.55. The van der Waals surface area contributed by atoms with Crippen molar-refractivity contribution in [3.8, 4) is 0 Å². The summed E-state index contributed by atoms with van der Waals surface area (Å²) in [6.07, 6.45) is 4.28. The van der Waals surface area contributed by atoms with Crippen molar-refractivity contribution in [2.75, 3.05) is 13.1 Å². The van der Waals surface area contributed by atoms with Gasteiger partial charge in [-0.15, -0.1) is 0 Å². The van der Waals surface area contributed by atoms with E-state index in [1.54, 1.807) is 12.1 Å². The van der Waals surface area contributed by atoms with Crippen LogP contribution in [0.1, 0.15) is 30.9 Å². The molecule has 2 aliphatic rings. The van der Waals surface area contributed by atoms with Crippen LogP contribution in [0.5, 0.6) is 0 Å². The molecule has 2 aliphatic heterocycles. The van der Waals surface area contributed by atoms with E-state index in [4.69, 9.17) is 9.98 Å². The van der Waals surface area contributed by atoms with Gasteiger partial charge in [-0.1, -0.05) is 24.3 Å². The van der Waals surface area contributed by atoms with Crippen LogP contribution in [0.15, 0.2) is 53.5 Å². The molecule has 8 nitrogen and oxygen atoms in total. The predicted octanol–water partition coefficient (Wildman–Crippen LogP) is 3.88. The molecule has 3 aromatic rings. The van der Waals surface area contributed by atoms with Gasteiger partial charge in [0.15, 0.2) is 0 Å². The Morgan fingerprint density at radius 2 is 1.77 bits per heavy atom. The number of fused-ring (bicyclic) bond motifs is 3. The summed E-state index contributed by atoms with van der Waals surface area (Å²) in [5, 5.41) is 11.1. The summed E-state index contributed by atoms with van der Waals surface area (Å²) in [5.41, 5.74) is 2.56. The lowest BCUT2D eigenvalue weighted by molar-refractivity contribution is -0.384. The highest BCUT2D eigenvalue weighted by Crippen LogP contribution is 2.40. The monoisotopic (exact) mass is 403 g/mol. The number of non-ortho nitro benzene ring substituents is 1. The Morgan fingerprint density at radius 1 is 1.03 bits per heavy atom. The summed E-state index contributed by atoms with van der Waals surface area (Å²) < 4.78 is 1.99. The van der Waals surface area contributed by atoms with Crippen molar-refractivity contribution < 1.29 is 9.72 Å². The van der Waals surface area contributed by atoms with Gasteiger partial charge in [0.25, 0.3) is 5.69 Å². The molecule has 3 heterocycles. The number of aldehydes is 1. The fourth-order valence-corrected chi connectivity index (χ4v) is 4.55. The van der Waals surface area contributed by atoms with E-state index in [1.807, 2.05) is 28.8 Å². The van der Waals surface area contributed by atoms with Crippen LogP contribution in [0.2, 0.25) is 0 Å². The summed E-state index contributed by atoms with van der Waals surface area (Å²) in [6.45, 7) is 1.74. The third kappa shape index (κ3) is 2.96. The quantitative estimate of drug-likeness (QED) is 0.376. The maximum absolute atomic E-state index is 12.4. The number of amidine groups is 1. The zero-order valence-electron chi connectivity index (χ0n) is 16.3. The molecule has 1 aromatic heterocycles. The van der Waals surface area contributed by atoms with E-state index in [0.717, 1.165) is 54.6 Å². The summed E-state index contributed by atoms with van der Waals surface area (Å²) >= 11 is 0. The molecule has 0 bridgehead atoms. The van der Waals surface area contributed by atoms with Crippen molar-refractivity contribution in [3.05, 3.63) is 64.2 Å². The largest absolute Gasteiger partial charge is 0.359 e. The maximum atomic E-state index is 12.4. The van der Waals surface area contributed by atoms with Gasteiger partial charge in [-0.2, -0.15) is 4.99 Å². The molecule has 1 saturated heterocycles. The standard InChI is InChI=1S/C22H21N5O3/c28-14-17-20(15-8-10-16(11-9-15)27(29)30)26-19-7-3-2-6-18(19)23-22(26)24-21(17)25-12-4-1-5-13-25/h2-3,6-11,14,17,20H,1,4-5,12-13H2. The number of imidazole rings is 1. The maximum Gasteiger partial charge on any atom is 0.269 e. The molecule has 2 atom stereocenters. The van der Waals surface area contributed by atoms with E-state index in [-0.39, 0.29) is 11.7 Å². The average Bonchev–Trinajstić information content (AvgIpc) is 3.16. The first-order valence-corrected chi connectivity index (χ1v) is 10.2. The average molecular weight is 403 g/mol. The first kappa shape index (κ1) is 18.5. The lowest BCUT2D eigenvalue weighted by Gasteiger charge is -2.38. The Kier molecular flexibility index (Phi) is 4.54. The van der Waals surface area contributed by atoms with Crippen molar-refractivity contribution in [2.24, 2.45) is 10.9 Å². The molecule has 0 N–H and O–H groups in total. The van der Waals surface area contributed by atoms with Crippen LogP contribution in [0.4, 0.5) is 11.6 Å². The highest BCUT2D eigenvalue weighted by Gasteiger charge is 2.38. The van der Waals surface area contributed by atoms with Gasteiger partial charge in [0, 0.05) is 25.2 Å². The van der Waals surface area contributed by atoms with Crippen LogP contribution in [-0.4, -0.2) is 44.6 Å². The molecular weight excluding hydrogens is 382 g/mol. The predicted molar refractivity (Wildman–Crippen MR) is 113 cm³/mol. The molecule has 1 fully saturated rings. The smallest absolute Gasteiger partial charge is 0.269 e. The molecule has 152 valence electrons. The van der Waals surface area contributed by atoms with Crippen molar-refractivity contribution in [1.82, 2.24) is 14.5 Å². The number of piperidine rings is 1. The lowest BCUT2D eigenvalue weighted by atomic mass is 9.90. The minimum atomic E-state index is -0.491. The van der Waals surface area contributed by atoms with E-state index < -0.39 is 10.8 Å². The number of likely N-dealkylation sites (tertiary alicyclic amines) is 1. The number of aromatic nitrogens is 2. The Morgan fingerprint density at radius 3 is 2.47 bits per heavy atom. The summed E-state index contributed by atoms with van der Waals surface area (Å²) in [5.74, 6) is 0.823. The molecule has 2 aromatic carbocycles. The van der Waals surface area contributed by atoms with Gasteiger partial charge in [0.05, 0.1) is 27.9 Å². The minimum absolute atomic E-state index is 0.0258. The normalized spacial score (nSPS) is 21.2. The number of nitro groups is 1. The number of hydrogen-bond acceptors (Lipinski definition) is 6. The fraction of sp³-hybridized carbons (Fsp3) is 0.318. The molecule has 2 unspecified atom stereocenters. The number of nitro benzene ring substituents is 1. The molecule has 0 aliphatic carbocycles. The Bertz CT molecular complexity index is 1150. The second kappa shape index (κ2) is 7.37. The first-order valence-electron chi connectivity index (χ1n) is 10.2. The van der Waals surface area contributed by atoms with E-state index in [2.05, 4.69) is 4.90 Å². The van der Waals surface area contributed by atoms with Crippen LogP contribution in [-0.2, 0) is 4.79 Å². The number of hydrogen-bond donors (Lipinski definition) is 0. The van der Waals surface area contributed by atoms with Gasteiger partial charge in [-0.05, 0) is 37.0 Å². The summed E-state index contributed by atoms with van der Waals surface area (Å²) in [4.78, 5) is 34.8. The number of benzene rings is 2. The highest BCUT2D eigenvalue weighted by molar-refractivity contribution is 6.00. The number of rotatable bonds is 3. The molecule has 0 saturated carbocycles. The van der Waals surface area contributed by atoms with E-state index in [9.17, 15) is 14.9 Å². The first-order chi connectivity index (χ1) is 14.7. The van der Waals surface area contributed by atoms with Gasteiger partial charge in [0.1, 0.15) is 12.1 Å². The van der Waals surface area contributed by atoms with Crippen molar-refractivity contribution >= 4 is 34.8 Å². The summed E-state index contributed by atoms with van der Waals surface area (Å²) in [7, 11) is 0. The lowest BCUT2D eigenvalue weighted by Crippen LogP contribution is -2.45. The van der Waals surface area contributed by atoms with E-state index in [1.165, 1.54) is 18.6 Å². The van der Waals surface area contributed by atoms with Crippen molar-refractivity contribution in [2.45, 2.75) is 25.3 Å². The number of carbonyl (C=O) groups excluding carboxylic acids is 1. The molecule has 0 radical (unpaired) electrons. The fourth-order valence-electron chi connectivity index (χ4n) is 4.55. The van der Waals surface area contributed by atoms with E-state index >= 15 is 0 Å². The number of carbonyl (C=O) groups is 1. The molecule has 30 heavy (non-hydrogen) atoms. The third-order valence-corrected chi connectivity index (χ3v) is 5.98. The number of nitrogens with zero attached hydrogens (tertiary/aromatic N) is 5. The van der Waals surface area contributed by atoms with Gasteiger partial charge in [-0.3, -0.25) is 14.7 Å². The molecule has 0 spiro atoms. The molecule has 8 heteroatoms. The van der Waals surface area contributed by atoms with E-state index in [0.29, 0.717) is 5.95 Å². The summed E-state index contributed by atoms with van der Waals surface area (Å²) in [6, 6.07) is 13.8. The minimum Gasteiger partial charge on any atom is -0.359 e.